The molecule has 3 heteroatoms. The molecule has 1 rings (SSSR count). The average molecular weight is 211 g/mol. The fourth-order valence-electron chi connectivity index (χ4n) is 0.770. The van der Waals surface area contributed by atoms with Gasteiger partial charge in [-0.3, -0.25) is 0 Å². The first-order valence-corrected chi connectivity index (χ1v) is 4.53. The van der Waals surface area contributed by atoms with Gasteiger partial charge >= 0.3 is 74.1 Å². The van der Waals surface area contributed by atoms with E-state index in [0.29, 0.717) is 0 Å². The van der Waals surface area contributed by atoms with Crippen LogP contribution in [0.4, 0.5) is 5.69 Å². The monoisotopic (exact) mass is 211 g/mol. The second-order valence-electron chi connectivity index (χ2n) is 2.30. The Morgan fingerprint density at radius 1 is 1.36 bits per heavy atom. The van der Waals surface area contributed by atoms with Gasteiger partial charge in [-0.1, -0.05) is 0 Å². The zero-order chi connectivity index (χ0) is 8.27. The summed E-state index contributed by atoms with van der Waals surface area (Å²) in [5.41, 5.74) is 0.860. The van der Waals surface area contributed by atoms with Gasteiger partial charge in [0.1, 0.15) is 0 Å². The number of hydrogen-bond acceptors (Lipinski definition) is 1. The standard InChI is InChI=1S/C8H10AsNO/c1-6(11)10-8-4-2-7(9)3-5-8/h2-5H,9H2,1H3,(H,10,11). The maximum absolute atomic E-state index is 10.6. The Labute approximate surface area is 74.5 Å². The molecule has 1 amide bonds. The molecule has 11 heavy (non-hydrogen) atoms. The summed E-state index contributed by atoms with van der Waals surface area (Å²) < 4.78 is 1.26. The summed E-state index contributed by atoms with van der Waals surface area (Å²) in [5, 5.41) is 2.70. The summed E-state index contributed by atoms with van der Waals surface area (Å²) in [6.07, 6.45) is 0. The van der Waals surface area contributed by atoms with Gasteiger partial charge in [0.15, 0.2) is 0 Å². The van der Waals surface area contributed by atoms with Crippen molar-refractivity contribution >= 4 is 32.8 Å². The Bertz CT molecular complexity index is 255. The summed E-state index contributed by atoms with van der Waals surface area (Å²) in [7, 11) is 0. The van der Waals surface area contributed by atoms with Crippen LogP contribution >= 0.6 is 0 Å². The molecule has 0 saturated heterocycles. The van der Waals surface area contributed by atoms with E-state index in [1.54, 1.807) is 16.9 Å². The Morgan fingerprint density at radius 2 is 1.91 bits per heavy atom. The van der Waals surface area contributed by atoms with Gasteiger partial charge in [0.05, 0.1) is 0 Å². The third-order valence-corrected chi connectivity index (χ3v) is 2.04. The van der Waals surface area contributed by atoms with Gasteiger partial charge < -0.3 is 0 Å². The molecule has 0 heterocycles. The van der Waals surface area contributed by atoms with Crippen molar-refractivity contribution in [1.82, 2.24) is 0 Å². The van der Waals surface area contributed by atoms with Crippen LogP contribution in [-0.4, -0.2) is 22.8 Å². The van der Waals surface area contributed by atoms with Gasteiger partial charge in [-0.25, -0.2) is 0 Å². The van der Waals surface area contributed by atoms with Crippen molar-refractivity contribution in [1.29, 1.82) is 0 Å². The van der Waals surface area contributed by atoms with Gasteiger partial charge in [0, 0.05) is 0 Å². The Hall–Kier alpha value is -0.752. The molecule has 0 saturated carbocycles. The van der Waals surface area contributed by atoms with E-state index in [-0.39, 0.29) is 5.91 Å². The average Bonchev–Trinajstić information content (AvgIpc) is 1.93. The fourth-order valence-corrected chi connectivity index (χ4v) is 1.17. The summed E-state index contributed by atoms with van der Waals surface area (Å²) in [4.78, 5) is 10.6. The minimum atomic E-state index is -0.0284. The molecular weight excluding hydrogens is 201 g/mol. The van der Waals surface area contributed by atoms with Gasteiger partial charge in [0.25, 0.3) is 0 Å². The van der Waals surface area contributed by atoms with Gasteiger partial charge in [-0.2, -0.15) is 0 Å². The molecule has 2 nitrogen and oxygen atoms in total. The molecule has 58 valence electrons. The van der Waals surface area contributed by atoms with Crippen LogP contribution in [0.1, 0.15) is 6.92 Å². The van der Waals surface area contributed by atoms with Crippen molar-refractivity contribution in [2.75, 3.05) is 5.32 Å². The Balaban J connectivity index is 2.74. The summed E-state index contributed by atoms with van der Waals surface area (Å²) >= 11 is 1.58. The van der Waals surface area contributed by atoms with E-state index in [4.69, 9.17) is 0 Å². The molecule has 1 unspecified atom stereocenters. The minimum absolute atomic E-state index is 0.0284. The van der Waals surface area contributed by atoms with Crippen LogP contribution in [0.5, 0.6) is 0 Å². The normalized spacial score (nSPS) is 9.27. The number of rotatable bonds is 1. The third-order valence-electron chi connectivity index (χ3n) is 1.23. The van der Waals surface area contributed by atoms with Crippen molar-refractivity contribution < 1.29 is 4.79 Å². The van der Waals surface area contributed by atoms with E-state index in [2.05, 4.69) is 5.32 Å². The predicted molar refractivity (Wildman–Crippen MR) is 48.9 cm³/mol. The Morgan fingerprint density at radius 3 is 2.36 bits per heavy atom. The predicted octanol–water partition coefficient (Wildman–Crippen LogP) is -0.0966. The molecule has 0 fully saturated rings. The number of benzene rings is 1. The quantitative estimate of drug-likeness (QED) is 0.646. The van der Waals surface area contributed by atoms with Crippen LogP contribution in [0.25, 0.3) is 0 Å². The summed E-state index contributed by atoms with van der Waals surface area (Å²) in [6.45, 7) is 1.50. The number of carbonyl (C=O) groups excluding carboxylic acids is 1. The van der Waals surface area contributed by atoms with Gasteiger partial charge in [0.2, 0.25) is 0 Å². The topological polar surface area (TPSA) is 29.1 Å². The second-order valence-corrected chi connectivity index (χ2v) is 3.70. The van der Waals surface area contributed by atoms with Crippen molar-refractivity contribution in [2.45, 2.75) is 6.92 Å². The molecule has 1 N–H and O–H groups in total. The van der Waals surface area contributed by atoms with Gasteiger partial charge in [-0.15, -0.1) is 0 Å². The van der Waals surface area contributed by atoms with E-state index in [1.165, 1.54) is 11.3 Å². The SMILES string of the molecule is CC(=O)Nc1ccc([AsH2])cc1. The van der Waals surface area contributed by atoms with Crippen LogP contribution in [0.3, 0.4) is 0 Å². The molecule has 1 atom stereocenters. The van der Waals surface area contributed by atoms with E-state index in [0.717, 1.165) is 5.69 Å². The van der Waals surface area contributed by atoms with E-state index >= 15 is 0 Å². The van der Waals surface area contributed by atoms with Crippen molar-refractivity contribution in [3.8, 4) is 0 Å². The molecule has 0 aliphatic carbocycles. The van der Waals surface area contributed by atoms with E-state index in [9.17, 15) is 4.79 Å². The second kappa shape index (κ2) is 3.58. The van der Waals surface area contributed by atoms with Crippen LogP contribution in [-0.2, 0) is 4.79 Å². The first kappa shape index (κ1) is 8.35. The number of hydrogen-bond donors (Lipinski definition) is 1. The zero-order valence-electron chi connectivity index (χ0n) is 6.29. The van der Waals surface area contributed by atoms with E-state index < -0.39 is 0 Å². The molecule has 0 aromatic heterocycles. The molecule has 1 aromatic rings. The first-order valence-electron chi connectivity index (χ1n) is 3.31. The van der Waals surface area contributed by atoms with E-state index in [1.807, 2.05) is 24.3 Å². The van der Waals surface area contributed by atoms with Crippen LogP contribution < -0.4 is 9.67 Å². The van der Waals surface area contributed by atoms with Crippen LogP contribution in [0, 0.1) is 0 Å². The first-order chi connectivity index (χ1) is 5.18. The van der Waals surface area contributed by atoms with Crippen LogP contribution in [0.15, 0.2) is 24.3 Å². The Kier molecular flexibility index (Phi) is 2.72. The molecule has 0 radical (unpaired) electrons. The molecule has 1 aromatic carbocycles. The van der Waals surface area contributed by atoms with Crippen LogP contribution in [0.2, 0.25) is 0 Å². The maximum atomic E-state index is 10.6. The van der Waals surface area contributed by atoms with Crippen molar-refractivity contribution in [2.24, 2.45) is 0 Å². The molecule has 0 spiro atoms. The number of anilines is 1. The zero-order valence-corrected chi connectivity index (χ0v) is 8.72. The van der Waals surface area contributed by atoms with Gasteiger partial charge in [-0.05, 0) is 0 Å². The summed E-state index contributed by atoms with van der Waals surface area (Å²) in [6, 6.07) is 7.79. The summed E-state index contributed by atoms with van der Waals surface area (Å²) in [5.74, 6) is -0.0284. The van der Waals surface area contributed by atoms with Crippen molar-refractivity contribution in [3.05, 3.63) is 24.3 Å². The fraction of sp³-hybridized carbons (Fsp3) is 0.125. The molecule has 0 aliphatic heterocycles. The number of amides is 1. The molecule has 0 bridgehead atoms. The van der Waals surface area contributed by atoms with Crippen molar-refractivity contribution in [3.63, 3.8) is 0 Å². The number of carbonyl (C=O) groups is 1. The number of nitrogens with one attached hydrogen (secondary N) is 1. The molecule has 0 aliphatic rings. The third kappa shape index (κ3) is 2.77. The molecular formula is C8H10AsNO.